The summed E-state index contributed by atoms with van der Waals surface area (Å²) in [6.07, 6.45) is 8.33. The zero-order valence-electron chi connectivity index (χ0n) is 14.2. The number of rotatable bonds is 0. The highest BCUT2D eigenvalue weighted by Crippen LogP contribution is 2.63. The van der Waals surface area contributed by atoms with E-state index in [9.17, 15) is 9.59 Å². The smallest absolute Gasteiger partial charge is 0.222 e. The van der Waals surface area contributed by atoms with Crippen LogP contribution in [0, 0.1) is 28.6 Å². The minimum Gasteiger partial charge on any atom is -0.342 e. The van der Waals surface area contributed by atoms with Crippen LogP contribution in [-0.4, -0.2) is 29.7 Å². The van der Waals surface area contributed by atoms with E-state index in [0.29, 0.717) is 41.9 Å². The fourth-order valence-corrected chi connectivity index (χ4v) is 6.92. The maximum absolute atomic E-state index is 12.4. The molecule has 0 aromatic heterocycles. The maximum atomic E-state index is 12.4. The van der Waals surface area contributed by atoms with Crippen LogP contribution < -0.4 is 0 Å². The molecule has 0 N–H and O–H groups in total. The summed E-state index contributed by atoms with van der Waals surface area (Å²) in [6.45, 7) is 4.69. The lowest BCUT2D eigenvalue weighted by atomic mass is 9.47. The van der Waals surface area contributed by atoms with Gasteiger partial charge in [-0.2, -0.15) is 0 Å². The molecule has 4 aliphatic rings. The van der Waals surface area contributed by atoms with Crippen molar-refractivity contribution in [1.29, 1.82) is 0 Å². The van der Waals surface area contributed by atoms with Gasteiger partial charge in [0.2, 0.25) is 5.91 Å². The van der Waals surface area contributed by atoms with Gasteiger partial charge in [0.1, 0.15) is 5.78 Å². The van der Waals surface area contributed by atoms with Crippen LogP contribution in [0.15, 0.2) is 0 Å². The van der Waals surface area contributed by atoms with Gasteiger partial charge in [0.05, 0.1) is 0 Å². The molecule has 1 unspecified atom stereocenters. The molecule has 1 saturated heterocycles. The third-order valence-electron chi connectivity index (χ3n) is 8.27. The summed E-state index contributed by atoms with van der Waals surface area (Å²) in [5, 5.41) is 0. The van der Waals surface area contributed by atoms with Gasteiger partial charge >= 0.3 is 0 Å². The van der Waals surface area contributed by atoms with Gasteiger partial charge in [-0.05, 0) is 61.7 Å². The van der Waals surface area contributed by atoms with E-state index in [1.807, 2.05) is 11.9 Å². The molecule has 1 heterocycles. The molecule has 3 nitrogen and oxygen atoms in total. The highest BCUT2D eigenvalue weighted by Gasteiger charge is 2.61. The molecule has 0 bridgehead atoms. The van der Waals surface area contributed by atoms with Gasteiger partial charge in [-0.1, -0.05) is 13.8 Å². The van der Waals surface area contributed by atoms with Crippen molar-refractivity contribution in [3.63, 3.8) is 0 Å². The van der Waals surface area contributed by atoms with Crippen LogP contribution in [0.5, 0.6) is 0 Å². The number of fused-ring (bicyclic) bond motifs is 5. The van der Waals surface area contributed by atoms with Gasteiger partial charge in [-0.3, -0.25) is 9.59 Å². The minimum atomic E-state index is -0.0270. The van der Waals surface area contributed by atoms with Crippen molar-refractivity contribution < 1.29 is 9.59 Å². The molecule has 0 aromatic carbocycles. The Balaban J connectivity index is 1.67. The zero-order valence-corrected chi connectivity index (χ0v) is 14.2. The molecule has 1 amide bonds. The van der Waals surface area contributed by atoms with Crippen molar-refractivity contribution in [2.45, 2.75) is 71.3 Å². The monoisotopic (exact) mass is 303 g/mol. The summed E-state index contributed by atoms with van der Waals surface area (Å²) in [6, 6.07) is 0.427. The van der Waals surface area contributed by atoms with Crippen LogP contribution in [-0.2, 0) is 9.59 Å². The number of nitrogens with zero attached hydrogens (tertiary/aromatic N) is 1. The quantitative estimate of drug-likeness (QED) is 0.687. The summed E-state index contributed by atoms with van der Waals surface area (Å²) in [7, 11) is 2.01. The van der Waals surface area contributed by atoms with E-state index in [4.69, 9.17) is 0 Å². The molecule has 3 heteroatoms. The molecule has 0 radical (unpaired) electrons. The van der Waals surface area contributed by atoms with Crippen LogP contribution in [0.25, 0.3) is 0 Å². The molecule has 0 spiro atoms. The first-order chi connectivity index (χ1) is 10.4. The maximum Gasteiger partial charge on any atom is 0.222 e. The molecule has 22 heavy (non-hydrogen) atoms. The number of carbonyl (C=O) groups excluding carboxylic acids is 2. The van der Waals surface area contributed by atoms with Crippen LogP contribution in [0.2, 0.25) is 0 Å². The van der Waals surface area contributed by atoms with Crippen LogP contribution in [0.4, 0.5) is 0 Å². The van der Waals surface area contributed by atoms with Crippen molar-refractivity contribution in [3.05, 3.63) is 0 Å². The average Bonchev–Trinajstić information content (AvgIpc) is 2.79. The molecule has 0 aromatic rings. The number of hydrogen-bond acceptors (Lipinski definition) is 2. The summed E-state index contributed by atoms with van der Waals surface area (Å²) >= 11 is 0. The largest absolute Gasteiger partial charge is 0.342 e. The Labute approximate surface area is 133 Å². The molecule has 4 fully saturated rings. The number of hydrogen-bond donors (Lipinski definition) is 0. The third kappa shape index (κ3) is 1.68. The van der Waals surface area contributed by atoms with E-state index in [1.165, 1.54) is 12.8 Å². The molecule has 1 aliphatic heterocycles. The average molecular weight is 303 g/mol. The Morgan fingerprint density at radius 2 is 1.73 bits per heavy atom. The highest BCUT2D eigenvalue weighted by atomic mass is 16.2. The second kappa shape index (κ2) is 4.58. The fourth-order valence-electron chi connectivity index (χ4n) is 6.92. The molecule has 3 saturated carbocycles. The van der Waals surface area contributed by atoms with E-state index in [1.54, 1.807) is 0 Å². The number of carbonyl (C=O) groups is 2. The normalized spacial score (nSPS) is 51.3. The fraction of sp³-hybridized carbons (Fsp3) is 0.895. The van der Waals surface area contributed by atoms with E-state index in [-0.39, 0.29) is 10.8 Å². The lowest BCUT2D eigenvalue weighted by Crippen LogP contribution is -2.61. The van der Waals surface area contributed by atoms with E-state index in [2.05, 4.69) is 13.8 Å². The predicted octanol–water partition coefficient (Wildman–Crippen LogP) is 3.42. The number of likely N-dealkylation sites (tertiary alicyclic amines) is 1. The Morgan fingerprint density at radius 1 is 0.955 bits per heavy atom. The summed E-state index contributed by atoms with van der Waals surface area (Å²) < 4.78 is 0. The number of piperidine rings is 1. The first-order valence-corrected chi connectivity index (χ1v) is 9.17. The first kappa shape index (κ1) is 14.7. The van der Waals surface area contributed by atoms with Crippen LogP contribution in [0.3, 0.4) is 0 Å². The Hall–Kier alpha value is -0.860. The van der Waals surface area contributed by atoms with Gasteiger partial charge in [0.15, 0.2) is 0 Å². The summed E-state index contributed by atoms with van der Waals surface area (Å²) in [5.41, 5.74) is 0.249. The SMILES string of the molecule is CN1C(=O)CC[C@@]2(C)C1CC[C@@H]1[C@@H]2CC[C@]2(C)C(=O)CC[C@@H]12. The van der Waals surface area contributed by atoms with Gasteiger partial charge < -0.3 is 4.90 Å². The van der Waals surface area contributed by atoms with Crippen LogP contribution >= 0.6 is 0 Å². The first-order valence-electron chi connectivity index (χ1n) is 9.17. The van der Waals surface area contributed by atoms with Gasteiger partial charge in [0, 0.05) is 31.3 Å². The molecule has 6 atom stereocenters. The predicted molar refractivity (Wildman–Crippen MR) is 85.2 cm³/mol. The minimum absolute atomic E-state index is 0.0270. The van der Waals surface area contributed by atoms with Gasteiger partial charge in [-0.15, -0.1) is 0 Å². The molecule has 122 valence electrons. The number of Topliss-reactive ketones (excluding diaryl/α,β-unsaturated/α-hetero) is 1. The van der Waals surface area contributed by atoms with Crippen LogP contribution in [0.1, 0.15) is 65.2 Å². The van der Waals surface area contributed by atoms with Crippen molar-refractivity contribution in [3.8, 4) is 0 Å². The number of ketones is 1. The topological polar surface area (TPSA) is 37.4 Å². The Bertz CT molecular complexity index is 530. The highest BCUT2D eigenvalue weighted by molar-refractivity contribution is 5.87. The summed E-state index contributed by atoms with van der Waals surface area (Å²) in [5.74, 6) is 2.90. The zero-order chi connectivity index (χ0) is 15.7. The third-order valence-corrected chi connectivity index (χ3v) is 8.27. The van der Waals surface area contributed by atoms with E-state index in [0.717, 1.165) is 32.1 Å². The standard InChI is InChI=1S/C19H29NO2/c1-18-11-9-17(22)20(3)15(18)6-4-12-13-5-7-16(21)19(13,2)10-8-14(12)18/h12-15H,4-11H2,1-3H3/t12-,13-,14-,15?,18+,19-/m0/s1. The summed E-state index contributed by atoms with van der Waals surface area (Å²) in [4.78, 5) is 26.6. The van der Waals surface area contributed by atoms with Crippen molar-refractivity contribution >= 4 is 11.7 Å². The molecular weight excluding hydrogens is 274 g/mol. The van der Waals surface area contributed by atoms with Crippen molar-refractivity contribution in [2.75, 3.05) is 7.05 Å². The van der Waals surface area contributed by atoms with Crippen molar-refractivity contribution in [2.24, 2.45) is 28.6 Å². The van der Waals surface area contributed by atoms with Crippen molar-refractivity contribution in [1.82, 2.24) is 4.90 Å². The second-order valence-corrected chi connectivity index (χ2v) is 8.90. The van der Waals surface area contributed by atoms with E-state index < -0.39 is 0 Å². The Kier molecular flexibility index (Phi) is 3.06. The van der Waals surface area contributed by atoms with E-state index >= 15 is 0 Å². The Morgan fingerprint density at radius 3 is 2.50 bits per heavy atom. The lowest BCUT2D eigenvalue weighted by molar-refractivity contribution is -0.158. The molecular formula is C19H29NO2. The lowest BCUT2D eigenvalue weighted by Gasteiger charge is -2.61. The second-order valence-electron chi connectivity index (χ2n) is 8.90. The number of amides is 1. The molecule has 3 aliphatic carbocycles. The van der Waals surface area contributed by atoms with Gasteiger partial charge in [0.25, 0.3) is 0 Å². The molecule has 4 rings (SSSR count). The van der Waals surface area contributed by atoms with Gasteiger partial charge in [-0.25, -0.2) is 0 Å².